The number of anilines is 1. The van der Waals surface area contributed by atoms with Crippen molar-refractivity contribution >= 4 is 63.5 Å². The minimum atomic E-state index is -1.25. The van der Waals surface area contributed by atoms with Crippen molar-refractivity contribution in [3.8, 4) is 0 Å². The molecule has 0 aliphatic carbocycles. The number of aliphatic hydroxyl groups excluding tert-OH is 1. The van der Waals surface area contributed by atoms with Gasteiger partial charge in [-0.05, 0) is 16.0 Å². The summed E-state index contributed by atoms with van der Waals surface area (Å²) in [6.07, 6.45) is 0. The third kappa shape index (κ3) is 4.95. The second-order valence-electron chi connectivity index (χ2n) is 7.01. The summed E-state index contributed by atoms with van der Waals surface area (Å²) in [5, 5.41) is 38.0. The van der Waals surface area contributed by atoms with Crippen molar-refractivity contribution in [2.45, 2.75) is 23.1 Å². The van der Waals surface area contributed by atoms with Crippen LogP contribution in [0.1, 0.15) is 5.69 Å². The Balaban J connectivity index is 1.48. The Kier molecular flexibility index (Phi) is 7.53. The van der Waals surface area contributed by atoms with E-state index in [0.29, 0.717) is 16.5 Å². The zero-order valence-corrected chi connectivity index (χ0v) is 20.5. The number of carboxylic acids is 1. The van der Waals surface area contributed by atoms with E-state index in [1.807, 2.05) is 0 Å². The number of nitrogens with one attached hydrogen (secondary N) is 1. The molecule has 186 valence electrons. The summed E-state index contributed by atoms with van der Waals surface area (Å²) >= 11 is 3.64. The van der Waals surface area contributed by atoms with E-state index in [0.717, 1.165) is 11.3 Å². The van der Waals surface area contributed by atoms with E-state index in [2.05, 4.69) is 31.0 Å². The maximum Gasteiger partial charge on any atom is 0.352 e. The number of β-lactam (4-membered cyclic amide) rings is 1. The van der Waals surface area contributed by atoms with Crippen molar-refractivity contribution < 1.29 is 29.4 Å². The maximum absolute atomic E-state index is 12.9. The molecule has 35 heavy (non-hydrogen) atoms. The summed E-state index contributed by atoms with van der Waals surface area (Å²) in [5.74, 6) is -1.97. The van der Waals surface area contributed by atoms with Gasteiger partial charge in [0.2, 0.25) is 5.16 Å². The smallest absolute Gasteiger partial charge is 0.352 e. The van der Waals surface area contributed by atoms with Crippen molar-refractivity contribution in [2.24, 2.45) is 5.16 Å². The number of aliphatic carboxylic acids is 1. The lowest BCUT2D eigenvalue weighted by Crippen LogP contribution is -2.71. The van der Waals surface area contributed by atoms with E-state index in [1.165, 1.54) is 45.6 Å². The quantitative estimate of drug-likeness (QED) is 0.118. The molecule has 0 aromatic carbocycles. The normalized spacial score (nSPS) is 19.9. The van der Waals surface area contributed by atoms with Gasteiger partial charge >= 0.3 is 5.97 Å². The van der Waals surface area contributed by atoms with Crippen LogP contribution in [0.15, 0.2) is 27.0 Å². The first-order chi connectivity index (χ1) is 16.8. The second kappa shape index (κ2) is 10.6. The van der Waals surface area contributed by atoms with Crippen LogP contribution in [0, 0.1) is 0 Å². The molecule has 1 fully saturated rings. The molecule has 0 spiro atoms. The molecule has 4 rings (SSSR count). The van der Waals surface area contributed by atoms with Crippen LogP contribution in [0.4, 0.5) is 5.13 Å². The van der Waals surface area contributed by atoms with Gasteiger partial charge in [-0.2, -0.15) is 0 Å². The molecule has 18 heteroatoms. The Morgan fingerprint density at radius 2 is 2.26 bits per heavy atom. The van der Waals surface area contributed by atoms with E-state index in [-0.39, 0.29) is 41.1 Å². The molecule has 2 atom stereocenters. The zero-order chi connectivity index (χ0) is 25.1. The first-order valence-corrected chi connectivity index (χ1v) is 12.8. The van der Waals surface area contributed by atoms with Crippen LogP contribution < -0.4 is 11.1 Å². The summed E-state index contributed by atoms with van der Waals surface area (Å²) in [6.45, 7) is 0.0477. The van der Waals surface area contributed by atoms with Gasteiger partial charge in [0.05, 0.1) is 13.2 Å². The fourth-order valence-electron chi connectivity index (χ4n) is 3.38. The lowest BCUT2D eigenvalue weighted by atomic mass is 10.0. The van der Waals surface area contributed by atoms with Gasteiger partial charge in [-0.25, -0.2) is 14.5 Å². The molecule has 15 nitrogen and oxygen atoms in total. The van der Waals surface area contributed by atoms with Crippen LogP contribution in [0.5, 0.6) is 0 Å². The summed E-state index contributed by atoms with van der Waals surface area (Å²) in [5.41, 5.74) is 6.05. The fraction of sp³-hybridized carbons (Fsp3) is 0.412. The lowest BCUT2D eigenvalue weighted by Gasteiger charge is -2.49. The predicted octanol–water partition coefficient (Wildman–Crippen LogP) is -1.41. The standard InChI is InChI=1S/C17H19N9O6S3/c1-32-22-9(8-6-34-16(18)19-8)12(28)20-10-13(29)26-11(15(30)31)7(4-33-14(10)26)5-35-17-21-23-24-25(17)2-3-27/h6,10,14,27H,2-5H2,1H3,(H2,18,19)(H,20,28)(H,30,31)/t10?,14-/m1/s1. The third-order valence-corrected chi connectivity index (χ3v) is 7.94. The van der Waals surface area contributed by atoms with Crippen LogP contribution in [-0.4, -0.2) is 100 Å². The summed E-state index contributed by atoms with van der Waals surface area (Å²) < 4.78 is 1.40. The van der Waals surface area contributed by atoms with E-state index in [1.54, 1.807) is 0 Å². The van der Waals surface area contributed by atoms with Crippen molar-refractivity contribution in [3.63, 3.8) is 0 Å². The third-order valence-electron chi connectivity index (χ3n) is 4.88. The maximum atomic E-state index is 12.9. The largest absolute Gasteiger partial charge is 0.477 e. The molecule has 2 aromatic heterocycles. The highest BCUT2D eigenvalue weighted by atomic mass is 32.2. The van der Waals surface area contributed by atoms with Gasteiger partial charge in [-0.15, -0.1) is 28.2 Å². The van der Waals surface area contributed by atoms with Crippen molar-refractivity contribution in [1.29, 1.82) is 0 Å². The van der Waals surface area contributed by atoms with Gasteiger partial charge in [0, 0.05) is 16.9 Å². The number of nitrogens with two attached hydrogens (primary N) is 1. The van der Waals surface area contributed by atoms with Gasteiger partial charge in [-0.3, -0.25) is 14.5 Å². The summed E-state index contributed by atoms with van der Waals surface area (Å²) in [7, 11) is 1.27. The van der Waals surface area contributed by atoms with Crippen LogP contribution in [0.3, 0.4) is 0 Å². The zero-order valence-electron chi connectivity index (χ0n) is 18.0. The number of nitrogen functional groups attached to an aromatic ring is 1. The summed E-state index contributed by atoms with van der Waals surface area (Å²) in [4.78, 5) is 47.7. The second-order valence-corrected chi connectivity index (χ2v) is 9.95. The monoisotopic (exact) mass is 541 g/mol. The number of aromatic nitrogens is 5. The number of oxime groups is 1. The van der Waals surface area contributed by atoms with Crippen LogP contribution in [-0.2, 0) is 25.8 Å². The lowest BCUT2D eigenvalue weighted by molar-refractivity contribution is -0.150. The molecular weight excluding hydrogens is 522 g/mol. The molecule has 5 N–H and O–H groups in total. The molecule has 2 aromatic rings. The Morgan fingerprint density at radius 3 is 2.91 bits per heavy atom. The van der Waals surface area contributed by atoms with Crippen LogP contribution >= 0.6 is 34.9 Å². The molecule has 0 saturated carbocycles. The van der Waals surface area contributed by atoms with Crippen molar-refractivity contribution in [1.82, 2.24) is 35.4 Å². The van der Waals surface area contributed by atoms with Crippen molar-refractivity contribution in [3.05, 3.63) is 22.3 Å². The van der Waals surface area contributed by atoms with E-state index < -0.39 is 29.2 Å². The minimum absolute atomic E-state index is 0.129. The van der Waals surface area contributed by atoms with E-state index >= 15 is 0 Å². The Bertz CT molecular complexity index is 1210. The number of amides is 2. The van der Waals surface area contributed by atoms with Gasteiger partial charge in [0.1, 0.15) is 29.9 Å². The molecule has 2 aliphatic rings. The number of fused-ring (bicyclic) bond motifs is 1. The highest BCUT2D eigenvalue weighted by Crippen LogP contribution is 2.41. The van der Waals surface area contributed by atoms with Crippen molar-refractivity contribution in [2.75, 3.05) is 31.0 Å². The van der Waals surface area contributed by atoms with Gasteiger partial charge in [0.25, 0.3) is 11.8 Å². The van der Waals surface area contributed by atoms with E-state index in [4.69, 9.17) is 15.7 Å². The van der Waals surface area contributed by atoms with Gasteiger partial charge in [0.15, 0.2) is 10.8 Å². The van der Waals surface area contributed by atoms with Crippen LogP contribution in [0.25, 0.3) is 0 Å². The molecule has 2 aliphatic heterocycles. The molecule has 4 heterocycles. The topological polar surface area (TPSA) is 211 Å². The molecular formula is C17H19N9O6S3. The number of tetrazole rings is 1. The summed E-state index contributed by atoms with van der Waals surface area (Å²) in [6, 6.07) is -0.953. The molecule has 0 radical (unpaired) electrons. The Morgan fingerprint density at radius 1 is 1.46 bits per heavy atom. The molecule has 0 bridgehead atoms. The molecule has 2 amide bonds. The Labute approximate surface area is 209 Å². The first-order valence-electron chi connectivity index (χ1n) is 9.88. The molecule has 1 saturated heterocycles. The number of thiazole rings is 1. The number of carboxylic acid groups (broad SMARTS) is 1. The first kappa shape index (κ1) is 24.9. The average molecular weight is 542 g/mol. The molecule has 1 unspecified atom stereocenters. The number of carbonyl (C=O) groups excluding carboxylic acids is 2. The number of thioether (sulfide) groups is 2. The number of nitrogens with zero attached hydrogens (tertiary/aromatic N) is 7. The number of hydrogen-bond donors (Lipinski definition) is 4. The highest BCUT2D eigenvalue weighted by molar-refractivity contribution is 8.01. The average Bonchev–Trinajstić information content (AvgIpc) is 3.47. The number of carbonyl (C=O) groups is 3. The minimum Gasteiger partial charge on any atom is -0.477 e. The highest BCUT2D eigenvalue weighted by Gasteiger charge is 2.54. The van der Waals surface area contributed by atoms with Gasteiger partial charge < -0.3 is 26.1 Å². The SMILES string of the molecule is CON=C(C(=O)NC1C(=O)N2C(C(=O)O)=C(CSc3nnnn3CCO)CS[C@H]12)c1csc(N)n1. The predicted molar refractivity (Wildman–Crippen MR) is 125 cm³/mol. The van der Waals surface area contributed by atoms with Gasteiger partial charge in [-0.1, -0.05) is 16.9 Å². The van der Waals surface area contributed by atoms with Crippen LogP contribution in [0.2, 0.25) is 0 Å². The van der Waals surface area contributed by atoms with E-state index in [9.17, 15) is 19.5 Å². The fourth-order valence-corrected chi connectivity index (χ4v) is 6.32. The number of rotatable bonds is 10. The Hall–Kier alpha value is -3.22. The number of aliphatic hydroxyl groups is 1. The number of hydrogen-bond acceptors (Lipinski definition) is 14.